The molecule has 1 aromatic carbocycles. The first-order valence-corrected chi connectivity index (χ1v) is 10.5. The molecule has 0 aromatic heterocycles. The van der Waals surface area contributed by atoms with Crippen LogP contribution in [-0.2, 0) is 15.0 Å². The van der Waals surface area contributed by atoms with Crippen molar-refractivity contribution < 1.29 is 22.4 Å². The van der Waals surface area contributed by atoms with Crippen molar-refractivity contribution in [2.24, 2.45) is 0 Å². The topological polar surface area (TPSA) is 102 Å². The van der Waals surface area contributed by atoms with Crippen LogP contribution in [-0.4, -0.2) is 79.7 Å². The van der Waals surface area contributed by atoms with Crippen molar-refractivity contribution in [1.29, 1.82) is 0 Å². The monoisotopic (exact) mass is 415 g/mol. The molecule has 0 saturated carbocycles. The summed E-state index contributed by atoms with van der Waals surface area (Å²) in [6.45, 7) is 5.62. The van der Waals surface area contributed by atoms with E-state index in [9.17, 15) is 22.4 Å². The molecular formula is C17H26FN5O4S. The van der Waals surface area contributed by atoms with E-state index in [1.54, 1.807) is 24.8 Å². The van der Waals surface area contributed by atoms with Gasteiger partial charge in [-0.2, -0.15) is 17.0 Å². The van der Waals surface area contributed by atoms with E-state index in [1.807, 2.05) is 0 Å². The van der Waals surface area contributed by atoms with Crippen molar-refractivity contribution in [3.63, 3.8) is 0 Å². The summed E-state index contributed by atoms with van der Waals surface area (Å²) in [5, 5.41) is 4.42. The Morgan fingerprint density at radius 1 is 1.11 bits per heavy atom. The second-order valence-corrected chi connectivity index (χ2v) is 8.18. The van der Waals surface area contributed by atoms with Gasteiger partial charge >= 0.3 is 6.03 Å². The van der Waals surface area contributed by atoms with Crippen LogP contribution in [0.1, 0.15) is 13.8 Å². The second kappa shape index (κ2) is 9.92. The number of benzene rings is 1. The van der Waals surface area contributed by atoms with E-state index in [0.717, 1.165) is 0 Å². The largest absolute Gasteiger partial charge is 0.326 e. The normalized spacial score (nSPS) is 16.1. The highest BCUT2D eigenvalue weighted by molar-refractivity contribution is 7.86. The van der Waals surface area contributed by atoms with Crippen LogP contribution in [0.5, 0.6) is 0 Å². The van der Waals surface area contributed by atoms with Gasteiger partial charge in [-0.05, 0) is 12.1 Å². The Morgan fingerprint density at radius 3 is 2.29 bits per heavy atom. The third-order valence-corrected chi connectivity index (χ3v) is 6.62. The first kappa shape index (κ1) is 22.2. The molecule has 0 radical (unpaired) electrons. The number of para-hydroxylation sites is 1. The molecule has 0 aliphatic carbocycles. The molecule has 2 N–H and O–H groups in total. The fourth-order valence-electron chi connectivity index (χ4n) is 2.92. The summed E-state index contributed by atoms with van der Waals surface area (Å²) in [6.07, 6.45) is 0. The Kier molecular flexibility index (Phi) is 7.87. The van der Waals surface area contributed by atoms with Gasteiger partial charge in [-0.25, -0.2) is 9.18 Å². The number of carbonyl (C=O) groups excluding carboxylic acids is 2. The number of carbonyl (C=O) groups is 2. The van der Waals surface area contributed by atoms with Gasteiger partial charge in [0.25, 0.3) is 10.2 Å². The predicted octanol–water partition coefficient (Wildman–Crippen LogP) is 0.678. The number of hydrogen-bond donors (Lipinski definition) is 2. The molecule has 1 aromatic rings. The van der Waals surface area contributed by atoms with E-state index in [4.69, 9.17) is 0 Å². The van der Waals surface area contributed by atoms with E-state index < -0.39 is 28.0 Å². The predicted molar refractivity (Wildman–Crippen MR) is 103 cm³/mol. The van der Waals surface area contributed by atoms with Gasteiger partial charge in [0, 0.05) is 39.3 Å². The first-order chi connectivity index (χ1) is 13.3. The molecule has 11 heteroatoms. The third-order valence-electron chi connectivity index (χ3n) is 4.43. The molecule has 1 aliphatic heterocycles. The Labute approximate surface area is 164 Å². The lowest BCUT2D eigenvalue weighted by Crippen LogP contribution is -2.54. The van der Waals surface area contributed by atoms with E-state index in [2.05, 4.69) is 10.6 Å². The maximum Gasteiger partial charge on any atom is 0.326 e. The van der Waals surface area contributed by atoms with Crippen molar-refractivity contribution in [2.45, 2.75) is 13.8 Å². The van der Waals surface area contributed by atoms with Crippen molar-refractivity contribution in [2.75, 3.05) is 51.1 Å². The average molecular weight is 415 g/mol. The first-order valence-electron chi connectivity index (χ1n) is 9.10. The molecular weight excluding hydrogens is 389 g/mol. The highest BCUT2D eigenvalue weighted by Crippen LogP contribution is 2.13. The fraction of sp³-hybridized carbons (Fsp3) is 0.529. The van der Waals surface area contributed by atoms with Gasteiger partial charge < -0.3 is 5.32 Å². The van der Waals surface area contributed by atoms with Gasteiger partial charge in [0.1, 0.15) is 5.82 Å². The smallest absolute Gasteiger partial charge is 0.305 e. The standard InChI is InChI=1S/C17H26FN5O4S/c1-3-22(4-2)28(26,27)23-11-9-21(10-12-23)13-16(24)20-17(25)19-15-8-6-5-7-14(15)18/h5-8H,3-4,9-13H2,1-2H3,(H2,19,20,24,25). The zero-order valence-corrected chi connectivity index (χ0v) is 16.8. The number of hydrogen-bond acceptors (Lipinski definition) is 5. The van der Waals surface area contributed by atoms with Gasteiger partial charge in [-0.3, -0.25) is 15.0 Å². The number of piperazine rings is 1. The summed E-state index contributed by atoms with van der Waals surface area (Å²) < 4.78 is 41.3. The van der Waals surface area contributed by atoms with Crippen molar-refractivity contribution in [3.05, 3.63) is 30.1 Å². The molecule has 0 unspecified atom stereocenters. The Hall–Kier alpha value is -2.08. The minimum atomic E-state index is -3.49. The van der Waals surface area contributed by atoms with E-state index in [-0.39, 0.29) is 25.3 Å². The van der Waals surface area contributed by atoms with Crippen LogP contribution >= 0.6 is 0 Å². The molecule has 1 heterocycles. The molecule has 2 rings (SSSR count). The van der Waals surface area contributed by atoms with E-state index in [0.29, 0.717) is 26.2 Å². The van der Waals surface area contributed by atoms with Crippen molar-refractivity contribution in [1.82, 2.24) is 18.8 Å². The van der Waals surface area contributed by atoms with Crippen LogP contribution in [0.3, 0.4) is 0 Å². The van der Waals surface area contributed by atoms with Crippen LogP contribution in [0.15, 0.2) is 24.3 Å². The molecule has 0 bridgehead atoms. The summed E-state index contributed by atoms with van der Waals surface area (Å²) in [6, 6.07) is 4.81. The summed E-state index contributed by atoms with van der Waals surface area (Å²) in [5.41, 5.74) is -0.0250. The summed E-state index contributed by atoms with van der Waals surface area (Å²) >= 11 is 0. The highest BCUT2D eigenvalue weighted by Gasteiger charge is 2.31. The van der Waals surface area contributed by atoms with Gasteiger partial charge in [0.05, 0.1) is 12.2 Å². The van der Waals surface area contributed by atoms with Crippen LogP contribution < -0.4 is 10.6 Å². The number of rotatable bonds is 7. The lowest BCUT2D eigenvalue weighted by atomic mass is 10.3. The molecule has 0 spiro atoms. The van der Waals surface area contributed by atoms with E-state index in [1.165, 1.54) is 26.8 Å². The maximum absolute atomic E-state index is 13.5. The quantitative estimate of drug-likeness (QED) is 0.682. The van der Waals surface area contributed by atoms with Crippen LogP contribution in [0, 0.1) is 5.82 Å². The van der Waals surface area contributed by atoms with Gasteiger partial charge in [0.2, 0.25) is 5.91 Å². The minimum absolute atomic E-state index is 0.0250. The Morgan fingerprint density at radius 2 is 1.71 bits per heavy atom. The number of nitrogens with one attached hydrogen (secondary N) is 2. The second-order valence-electron chi connectivity index (χ2n) is 6.25. The number of nitrogens with zero attached hydrogens (tertiary/aromatic N) is 3. The molecule has 1 fully saturated rings. The molecule has 0 atom stereocenters. The number of anilines is 1. The average Bonchev–Trinajstić information content (AvgIpc) is 2.64. The molecule has 3 amide bonds. The summed E-state index contributed by atoms with van der Waals surface area (Å²) in [7, 11) is -3.49. The molecule has 156 valence electrons. The van der Waals surface area contributed by atoms with Gasteiger partial charge in [-0.1, -0.05) is 26.0 Å². The van der Waals surface area contributed by atoms with Crippen LogP contribution in [0.25, 0.3) is 0 Å². The molecule has 1 aliphatic rings. The SMILES string of the molecule is CCN(CC)S(=O)(=O)N1CCN(CC(=O)NC(=O)Nc2ccccc2F)CC1. The van der Waals surface area contributed by atoms with Gasteiger partial charge in [0.15, 0.2) is 0 Å². The number of urea groups is 1. The zero-order valence-electron chi connectivity index (χ0n) is 16.0. The number of halogens is 1. The lowest BCUT2D eigenvalue weighted by Gasteiger charge is -2.35. The molecule has 28 heavy (non-hydrogen) atoms. The highest BCUT2D eigenvalue weighted by atomic mass is 32.2. The molecule has 1 saturated heterocycles. The van der Waals surface area contributed by atoms with E-state index >= 15 is 0 Å². The zero-order chi connectivity index (χ0) is 20.7. The summed E-state index contributed by atoms with van der Waals surface area (Å²) in [5.74, 6) is -1.15. The van der Waals surface area contributed by atoms with Crippen molar-refractivity contribution >= 4 is 27.8 Å². The fourth-order valence-corrected chi connectivity index (χ4v) is 4.52. The Balaban J connectivity index is 1.80. The Bertz CT molecular complexity index is 792. The summed E-state index contributed by atoms with van der Waals surface area (Å²) in [4.78, 5) is 25.6. The number of imide groups is 1. The third kappa shape index (κ3) is 5.71. The van der Waals surface area contributed by atoms with Gasteiger partial charge in [-0.15, -0.1) is 0 Å². The maximum atomic E-state index is 13.5. The van der Waals surface area contributed by atoms with Crippen LogP contribution in [0.4, 0.5) is 14.9 Å². The van der Waals surface area contributed by atoms with Crippen LogP contribution in [0.2, 0.25) is 0 Å². The lowest BCUT2D eigenvalue weighted by molar-refractivity contribution is -0.121. The minimum Gasteiger partial charge on any atom is -0.305 e. The molecule has 9 nitrogen and oxygen atoms in total. The number of amides is 3. The van der Waals surface area contributed by atoms with Crippen molar-refractivity contribution in [3.8, 4) is 0 Å².